The highest BCUT2D eigenvalue weighted by Crippen LogP contribution is 2.22. The van der Waals surface area contributed by atoms with Crippen LogP contribution in [0.4, 0.5) is 9.59 Å². The largest absolute Gasteiger partial charge is 0.336 e. The van der Waals surface area contributed by atoms with Crippen molar-refractivity contribution in [1.29, 1.82) is 0 Å². The molecule has 0 spiro atoms. The first-order valence-corrected chi connectivity index (χ1v) is 12.3. The third kappa shape index (κ3) is 7.76. The van der Waals surface area contributed by atoms with Crippen LogP contribution in [0.1, 0.15) is 69.8 Å². The third-order valence-electron chi connectivity index (χ3n) is 6.27. The van der Waals surface area contributed by atoms with Crippen LogP contribution in [-0.2, 0) is 6.54 Å². The molecular formula is C23H34Cl2N4O2. The molecule has 1 aromatic rings. The molecular weight excluding hydrogens is 435 g/mol. The van der Waals surface area contributed by atoms with Crippen molar-refractivity contribution in [3.05, 3.63) is 33.8 Å². The predicted molar refractivity (Wildman–Crippen MR) is 126 cm³/mol. The summed E-state index contributed by atoms with van der Waals surface area (Å²) in [6.07, 6.45) is 11.2. The molecule has 2 aliphatic rings. The van der Waals surface area contributed by atoms with E-state index in [0.29, 0.717) is 29.7 Å². The van der Waals surface area contributed by atoms with E-state index >= 15 is 0 Å². The zero-order valence-corrected chi connectivity index (χ0v) is 19.6. The summed E-state index contributed by atoms with van der Waals surface area (Å²) in [6, 6.07) is 5.26. The monoisotopic (exact) mass is 468 g/mol. The number of piperidine rings is 1. The molecule has 3 rings (SSSR count). The lowest BCUT2D eigenvalue weighted by Gasteiger charge is -2.36. The van der Waals surface area contributed by atoms with Gasteiger partial charge < -0.3 is 20.9 Å². The number of carbonyl (C=O) groups excluding carboxylic acids is 2. The van der Waals surface area contributed by atoms with Crippen molar-refractivity contribution in [2.75, 3.05) is 13.1 Å². The Labute approximate surface area is 195 Å². The molecule has 31 heavy (non-hydrogen) atoms. The molecule has 4 amide bonds. The molecule has 172 valence electrons. The minimum atomic E-state index is -0.127. The molecule has 8 heteroatoms. The summed E-state index contributed by atoms with van der Waals surface area (Å²) in [4.78, 5) is 27.1. The van der Waals surface area contributed by atoms with Crippen molar-refractivity contribution in [2.24, 2.45) is 0 Å². The van der Waals surface area contributed by atoms with Gasteiger partial charge in [-0.1, -0.05) is 61.4 Å². The minimum Gasteiger partial charge on any atom is -0.336 e. The first-order chi connectivity index (χ1) is 15.0. The number of hydrogen-bond acceptors (Lipinski definition) is 2. The zero-order chi connectivity index (χ0) is 22.1. The van der Waals surface area contributed by atoms with Crippen molar-refractivity contribution in [3.63, 3.8) is 0 Å². The van der Waals surface area contributed by atoms with Gasteiger partial charge in [0.2, 0.25) is 0 Å². The number of nitrogens with one attached hydrogen (secondary N) is 3. The molecule has 1 aromatic carbocycles. The van der Waals surface area contributed by atoms with Crippen LogP contribution < -0.4 is 16.0 Å². The fourth-order valence-corrected chi connectivity index (χ4v) is 4.94. The van der Waals surface area contributed by atoms with Crippen LogP contribution in [0.5, 0.6) is 0 Å². The second kappa shape index (κ2) is 12.4. The van der Waals surface area contributed by atoms with Gasteiger partial charge in [0.15, 0.2) is 0 Å². The lowest BCUT2D eigenvalue weighted by molar-refractivity contribution is 0.149. The summed E-state index contributed by atoms with van der Waals surface area (Å²) in [7, 11) is 0. The summed E-state index contributed by atoms with van der Waals surface area (Å²) in [6.45, 7) is 1.50. The highest BCUT2D eigenvalue weighted by Gasteiger charge is 2.27. The first-order valence-electron chi connectivity index (χ1n) is 11.6. The van der Waals surface area contributed by atoms with E-state index in [4.69, 9.17) is 23.2 Å². The summed E-state index contributed by atoms with van der Waals surface area (Å²) in [5, 5.41) is 10.2. The van der Waals surface area contributed by atoms with Crippen LogP contribution in [0.15, 0.2) is 18.2 Å². The maximum Gasteiger partial charge on any atom is 0.317 e. The van der Waals surface area contributed by atoms with E-state index in [1.165, 1.54) is 32.1 Å². The summed E-state index contributed by atoms with van der Waals surface area (Å²) in [5.74, 6) is 0. The Balaban J connectivity index is 1.46. The maximum atomic E-state index is 12.8. The van der Waals surface area contributed by atoms with E-state index in [9.17, 15) is 9.59 Å². The Bertz CT molecular complexity index is 738. The number of halogens is 2. The van der Waals surface area contributed by atoms with Gasteiger partial charge in [-0.2, -0.15) is 0 Å². The molecule has 1 saturated carbocycles. The average molecular weight is 469 g/mol. The SMILES string of the molecule is O=C(NCC1CCCCN1C(=O)NCc1ccc(Cl)cc1Cl)NC1CCCCCCC1. The average Bonchev–Trinajstić information content (AvgIpc) is 2.73. The first kappa shape index (κ1) is 24.0. The number of benzene rings is 1. The van der Waals surface area contributed by atoms with Crippen LogP contribution in [0.2, 0.25) is 10.0 Å². The van der Waals surface area contributed by atoms with E-state index in [1.807, 2.05) is 11.0 Å². The summed E-state index contributed by atoms with van der Waals surface area (Å²) in [5.41, 5.74) is 0.824. The van der Waals surface area contributed by atoms with Crippen molar-refractivity contribution in [1.82, 2.24) is 20.9 Å². The number of amides is 4. The molecule has 1 saturated heterocycles. The highest BCUT2D eigenvalue weighted by atomic mass is 35.5. The van der Waals surface area contributed by atoms with Crippen molar-refractivity contribution >= 4 is 35.3 Å². The maximum absolute atomic E-state index is 12.8. The van der Waals surface area contributed by atoms with Crippen molar-refractivity contribution in [2.45, 2.75) is 82.8 Å². The van der Waals surface area contributed by atoms with Crippen molar-refractivity contribution in [3.8, 4) is 0 Å². The fourth-order valence-electron chi connectivity index (χ4n) is 4.46. The van der Waals surface area contributed by atoms with Gasteiger partial charge in [-0.05, 0) is 49.8 Å². The number of nitrogens with zero attached hydrogens (tertiary/aromatic N) is 1. The molecule has 2 fully saturated rings. The number of rotatable bonds is 5. The molecule has 1 atom stereocenters. The third-order valence-corrected chi connectivity index (χ3v) is 6.86. The smallest absolute Gasteiger partial charge is 0.317 e. The van der Waals surface area contributed by atoms with Gasteiger partial charge in [0.1, 0.15) is 0 Å². The number of hydrogen-bond donors (Lipinski definition) is 3. The van der Waals surface area contributed by atoms with Gasteiger partial charge in [0, 0.05) is 35.7 Å². The fraction of sp³-hybridized carbons (Fsp3) is 0.652. The second-order valence-corrected chi connectivity index (χ2v) is 9.48. The lowest BCUT2D eigenvalue weighted by atomic mass is 9.97. The standard InChI is InChI=1S/C23H34Cl2N4O2/c24-18-12-11-17(21(25)14-18)15-27-23(31)29-13-7-6-10-20(29)16-26-22(30)28-19-8-4-2-1-3-5-9-19/h11-12,14,19-20H,1-10,13,15-16H2,(H,27,31)(H2,26,28,30). The summed E-state index contributed by atoms with van der Waals surface area (Å²) >= 11 is 12.1. The van der Waals surface area contributed by atoms with Gasteiger partial charge in [-0.15, -0.1) is 0 Å². The molecule has 1 aliphatic carbocycles. The zero-order valence-electron chi connectivity index (χ0n) is 18.1. The number of carbonyl (C=O) groups is 2. The lowest BCUT2D eigenvalue weighted by Crippen LogP contribution is -2.54. The molecule has 1 aliphatic heterocycles. The van der Waals surface area contributed by atoms with E-state index in [-0.39, 0.29) is 24.1 Å². The molecule has 6 nitrogen and oxygen atoms in total. The Kier molecular flexibility index (Phi) is 9.59. The number of urea groups is 2. The Hall–Kier alpha value is -1.66. The van der Waals surface area contributed by atoms with Crippen molar-refractivity contribution < 1.29 is 9.59 Å². The second-order valence-electron chi connectivity index (χ2n) is 8.63. The molecule has 0 aromatic heterocycles. The summed E-state index contributed by atoms with van der Waals surface area (Å²) < 4.78 is 0. The Morgan fingerprint density at radius 2 is 1.65 bits per heavy atom. The number of likely N-dealkylation sites (tertiary alicyclic amines) is 1. The Morgan fingerprint density at radius 3 is 2.39 bits per heavy atom. The van der Waals surface area contributed by atoms with Gasteiger partial charge in [-0.25, -0.2) is 9.59 Å². The minimum absolute atomic E-state index is 0.00229. The highest BCUT2D eigenvalue weighted by molar-refractivity contribution is 6.35. The van der Waals surface area contributed by atoms with Gasteiger partial charge in [0.25, 0.3) is 0 Å². The molecule has 0 bridgehead atoms. The van der Waals surface area contributed by atoms with Gasteiger partial charge in [0.05, 0.1) is 6.04 Å². The van der Waals surface area contributed by atoms with E-state index in [0.717, 1.165) is 37.7 Å². The van der Waals surface area contributed by atoms with Gasteiger partial charge in [-0.3, -0.25) is 0 Å². The van der Waals surface area contributed by atoms with Crippen LogP contribution in [0, 0.1) is 0 Å². The predicted octanol–water partition coefficient (Wildman–Crippen LogP) is 5.47. The van der Waals surface area contributed by atoms with Gasteiger partial charge >= 0.3 is 12.1 Å². The van der Waals surface area contributed by atoms with E-state index in [2.05, 4.69) is 16.0 Å². The Morgan fingerprint density at radius 1 is 0.935 bits per heavy atom. The molecule has 3 N–H and O–H groups in total. The van der Waals surface area contributed by atoms with Crippen LogP contribution >= 0.6 is 23.2 Å². The van der Waals surface area contributed by atoms with E-state index < -0.39 is 0 Å². The van der Waals surface area contributed by atoms with Crippen LogP contribution in [-0.4, -0.2) is 42.1 Å². The quantitative estimate of drug-likeness (QED) is 0.535. The van der Waals surface area contributed by atoms with Crippen LogP contribution in [0.25, 0.3) is 0 Å². The topological polar surface area (TPSA) is 73.5 Å². The van der Waals surface area contributed by atoms with E-state index in [1.54, 1.807) is 12.1 Å². The normalized spacial score (nSPS) is 20.5. The molecule has 1 unspecified atom stereocenters. The van der Waals surface area contributed by atoms with Crippen LogP contribution in [0.3, 0.4) is 0 Å². The molecule has 0 radical (unpaired) electrons. The molecule has 1 heterocycles.